The van der Waals surface area contributed by atoms with Crippen molar-refractivity contribution in [3.8, 4) is 0 Å². The van der Waals surface area contributed by atoms with Crippen LogP contribution in [-0.4, -0.2) is 49.8 Å². The van der Waals surface area contributed by atoms with Crippen molar-refractivity contribution < 1.29 is 4.74 Å². The molecule has 0 aromatic rings. The topological polar surface area (TPSA) is 24.5 Å². The smallest absolute Gasteiger partial charge is 0.0593 e. The van der Waals surface area contributed by atoms with Gasteiger partial charge in [-0.2, -0.15) is 0 Å². The van der Waals surface area contributed by atoms with E-state index in [9.17, 15) is 0 Å². The molecule has 15 heavy (non-hydrogen) atoms. The van der Waals surface area contributed by atoms with Gasteiger partial charge in [0.05, 0.1) is 6.61 Å². The highest BCUT2D eigenvalue weighted by Gasteiger charge is 2.24. The molecule has 0 radical (unpaired) electrons. The van der Waals surface area contributed by atoms with Crippen LogP contribution in [0.4, 0.5) is 0 Å². The van der Waals surface area contributed by atoms with Gasteiger partial charge in [0, 0.05) is 25.2 Å². The minimum absolute atomic E-state index is 0.697. The van der Waals surface area contributed by atoms with Gasteiger partial charge in [0.25, 0.3) is 0 Å². The van der Waals surface area contributed by atoms with Gasteiger partial charge in [-0.05, 0) is 39.8 Å². The first-order valence-corrected chi connectivity index (χ1v) is 6.33. The van der Waals surface area contributed by atoms with Crippen molar-refractivity contribution in [2.75, 3.05) is 32.8 Å². The number of ether oxygens (including phenoxy) is 1. The standard InChI is InChI=1S/C12H26N2O/c1-4-13-12-6-7-14(11(3)10-12)8-9-15-5-2/h11-13H,4-10H2,1-3H3. The SMILES string of the molecule is CCNC1CCN(CCOCC)C(C)C1. The molecule has 3 heteroatoms. The Kier molecular flexibility index (Phi) is 6.22. The second kappa shape index (κ2) is 7.20. The number of nitrogens with zero attached hydrogens (tertiary/aromatic N) is 1. The van der Waals surface area contributed by atoms with Crippen LogP contribution in [0.3, 0.4) is 0 Å². The predicted molar refractivity (Wildman–Crippen MR) is 64.2 cm³/mol. The van der Waals surface area contributed by atoms with Crippen LogP contribution in [0.2, 0.25) is 0 Å². The Morgan fingerprint density at radius 2 is 2.20 bits per heavy atom. The molecular formula is C12H26N2O. The number of piperidine rings is 1. The van der Waals surface area contributed by atoms with Crippen LogP contribution in [0, 0.1) is 0 Å². The molecule has 1 rings (SSSR count). The van der Waals surface area contributed by atoms with Crippen molar-refractivity contribution in [3.05, 3.63) is 0 Å². The molecule has 0 saturated carbocycles. The summed E-state index contributed by atoms with van der Waals surface area (Å²) in [6, 6.07) is 1.43. The third kappa shape index (κ3) is 4.49. The molecule has 0 bridgehead atoms. The molecule has 0 aromatic heterocycles. The van der Waals surface area contributed by atoms with Gasteiger partial charge in [-0.15, -0.1) is 0 Å². The summed E-state index contributed by atoms with van der Waals surface area (Å²) >= 11 is 0. The molecule has 1 aliphatic heterocycles. The number of rotatable bonds is 6. The van der Waals surface area contributed by atoms with Gasteiger partial charge in [-0.25, -0.2) is 0 Å². The zero-order valence-electron chi connectivity index (χ0n) is 10.5. The normalized spacial score (nSPS) is 28.2. The molecule has 0 aromatic carbocycles. The maximum absolute atomic E-state index is 5.40. The van der Waals surface area contributed by atoms with Gasteiger partial charge in [-0.1, -0.05) is 6.92 Å². The lowest BCUT2D eigenvalue weighted by atomic mass is 9.98. The molecular weight excluding hydrogens is 188 g/mol. The van der Waals surface area contributed by atoms with E-state index in [0.29, 0.717) is 6.04 Å². The van der Waals surface area contributed by atoms with Crippen molar-refractivity contribution in [2.24, 2.45) is 0 Å². The van der Waals surface area contributed by atoms with E-state index in [1.165, 1.54) is 19.4 Å². The Bertz CT molecular complexity index is 164. The maximum atomic E-state index is 5.40. The summed E-state index contributed by atoms with van der Waals surface area (Å²) in [5.74, 6) is 0. The number of hydrogen-bond acceptors (Lipinski definition) is 3. The van der Waals surface area contributed by atoms with Gasteiger partial charge in [-0.3, -0.25) is 4.90 Å². The molecule has 1 fully saturated rings. The summed E-state index contributed by atoms with van der Waals surface area (Å²) in [5.41, 5.74) is 0. The highest BCUT2D eigenvalue weighted by molar-refractivity contribution is 4.82. The number of likely N-dealkylation sites (tertiary alicyclic amines) is 1. The van der Waals surface area contributed by atoms with Crippen LogP contribution >= 0.6 is 0 Å². The molecule has 1 saturated heterocycles. The Morgan fingerprint density at radius 3 is 2.80 bits per heavy atom. The van der Waals surface area contributed by atoms with Crippen LogP contribution in [0.5, 0.6) is 0 Å². The highest BCUT2D eigenvalue weighted by atomic mass is 16.5. The zero-order chi connectivity index (χ0) is 11.1. The fourth-order valence-corrected chi connectivity index (χ4v) is 2.35. The molecule has 3 nitrogen and oxygen atoms in total. The van der Waals surface area contributed by atoms with E-state index in [2.05, 4.69) is 31.0 Å². The van der Waals surface area contributed by atoms with Gasteiger partial charge in [0.2, 0.25) is 0 Å². The second-order valence-corrected chi connectivity index (χ2v) is 4.36. The molecule has 0 aliphatic carbocycles. The third-order valence-corrected chi connectivity index (χ3v) is 3.23. The molecule has 0 amide bonds. The molecule has 2 unspecified atom stereocenters. The van der Waals surface area contributed by atoms with E-state index in [1.54, 1.807) is 0 Å². The van der Waals surface area contributed by atoms with Crippen molar-refractivity contribution in [1.29, 1.82) is 0 Å². The summed E-state index contributed by atoms with van der Waals surface area (Å²) in [7, 11) is 0. The molecule has 1 aliphatic rings. The van der Waals surface area contributed by atoms with Gasteiger partial charge in [0.1, 0.15) is 0 Å². The average molecular weight is 214 g/mol. The highest BCUT2D eigenvalue weighted by Crippen LogP contribution is 2.16. The fourth-order valence-electron chi connectivity index (χ4n) is 2.35. The summed E-state index contributed by atoms with van der Waals surface area (Å²) in [6.45, 7) is 11.7. The first-order valence-electron chi connectivity index (χ1n) is 6.33. The number of hydrogen-bond donors (Lipinski definition) is 1. The van der Waals surface area contributed by atoms with Crippen molar-refractivity contribution in [1.82, 2.24) is 10.2 Å². The van der Waals surface area contributed by atoms with Gasteiger partial charge < -0.3 is 10.1 Å². The van der Waals surface area contributed by atoms with E-state index in [0.717, 1.165) is 32.3 Å². The van der Waals surface area contributed by atoms with Gasteiger partial charge >= 0.3 is 0 Å². The number of nitrogens with one attached hydrogen (secondary N) is 1. The molecule has 1 heterocycles. The quantitative estimate of drug-likeness (QED) is 0.678. The Balaban J connectivity index is 2.20. The average Bonchev–Trinajstić information content (AvgIpc) is 2.22. The fraction of sp³-hybridized carbons (Fsp3) is 1.00. The minimum Gasteiger partial charge on any atom is -0.380 e. The van der Waals surface area contributed by atoms with E-state index < -0.39 is 0 Å². The second-order valence-electron chi connectivity index (χ2n) is 4.36. The van der Waals surface area contributed by atoms with Crippen molar-refractivity contribution in [2.45, 2.75) is 45.7 Å². The Morgan fingerprint density at radius 1 is 1.40 bits per heavy atom. The van der Waals surface area contributed by atoms with Gasteiger partial charge in [0.15, 0.2) is 0 Å². The monoisotopic (exact) mass is 214 g/mol. The Hall–Kier alpha value is -0.120. The zero-order valence-corrected chi connectivity index (χ0v) is 10.5. The van der Waals surface area contributed by atoms with Crippen LogP contribution in [0.15, 0.2) is 0 Å². The summed E-state index contributed by atoms with van der Waals surface area (Å²) in [5, 5.41) is 3.54. The Labute approximate surface area is 94.2 Å². The maximum Gasteiger partial charge on any atom is 0.0593 e. The van der Waals surface area contributed by atoms with Crippen LogP contribution in [0.1, 0.15) is 33.6 Å². The van der Waals surface area contributed by atoms with Crippen LogP contribution < -0.4 is 5.32 Å². The van der Waals surface area contributed by atoms with E-state index >= 15 is 0 Å². The molecule has 0 spiro atoms. The lowest BCUT2D eigenvalue weighted by Gasteiger charge is -2.37. The van der Waals surface area contributed by atoms with Crippen molar-refractivity contribution in [3.63, 3.8) is 0 Å². The van der Waals surface area contributed by atoms with E-state index in [-0.39, 0.29) is 0 Å². The van der Waals surface area contributed by atoms with Crippen LogP contribution in [0.25, 0.3) is 0 Å². The lowest BCUT2D eigenvalue weighted by Crippen LogP contribution is -2.48. The van der Waals surface area contributed by atoms with E-state index in [4.69, 9.17) is 4.74 Å². The first-order chi connectivity index (χ1) is 7.27. The summed E-state index contributed by atoms with van der Waals surface area (Å²) < 4.78 is 5.40. The third-order valence-electron chi connectivity index (χ3n) is 3.23. The molecule has 2 atom stereocenters. The largest absolute Gasteiger partial charge is 0.380 e. The molecule has 1 N–H and O–H groups in total. The minimum atomic E-state index is 0.697. The summed E-state index contributed by atoms with van der Waals surface area (Å²) in [6.07, 6.45) is 2.56. The van der Waals surface area contributed by atoms with E-state index in [1.807, 2.05) is 0 Å². The van der Waals surface area contributed by atoms with Crippen molar-refractivity contribution >= 4 is 0 Å². The van der Waals surface area contributed by atoms with Crippen LogP contribution in [-0.2, 0) is 4.74 Å². The summed E-state index contributed by atoms with van der Waals surface area (Å²) in [4.78, 5) is 2.55. The lowest BCUT2D eigenvalue weighted by molar-refractivity contribution is 0.0744. The molecule has 90 valence electrons. The predicted octanol–water partition coefficient (Wildman–Crippen LogP) is 1.49. The first kappa shape index (κ1) is 12.9.